The van der Waals surface area contributed by atoms with Crippen LogP contribution in [0.15, 0.2) is 12.3 Å². The molecule has 3 heteroatoms. The van der Waals surface area contributed by atoms with Gasteiger partial charge in [-0.05, 0) is 32.0 Å². The first-order valence-electron chi connectivity index (χ1n) is 5.34. The molecule has 15 heavy (non-hydrogen) atoms. The molecule has 0 aromatic carbocycles. The Balaban J connectivity index is 2.32. The third kappa shape index (κ3) is 2.23. The Hall–Kier alpha value is -1.22. The highest BCUT2D eigenvalue weighted by Gasteiger charge is 2.13. The van der Waals surface area contributed by atoms with Crippen LogP contribution in [0.4, 0.5) is 0 Å². The molecule has 0 fully saturated rings. The maximum atomic E-state index is 11.2. The number of rotatable bonds is 1. The number of pyridine rings is 1. The number of hydrogen-bond acceptors (Lipinski definition) is 3. The molecule has 2 rings (SSSR count). The van der Waals surface area contributed by atoms with Gasteiger partial charge < -0.3 is 4.90 Å². The number of nitrogens with zero attached hydrogens (tertiary/aromatic N) is 2. The molecule has 0 bridgehead atoms. The summed E-state index contributed by atoms with van der Waals surface area (Å²) < 4.78 is 0. The highest BCUT2D eigenvalue weighted by molar-refractivity contribution is 5.93. The topological polar surface area (TPSA) is 33.2 Å². The van der Waals surface area contributed by atoms with Gasteiger partial charge in [0.05, 0.1) is 0 Å². The van der Waals surface area contributed by atoms with E-state index in [1.807, 2.05) is 6.07 Å². The lowest BCUT2D eigenvalue weighted by atomic mass is 10.1. The number of aromatic nitrogens is 1. The van der Waals surface area contributed by atoms with Crippen molar-refractivity contribution in [1.82, 2.24) is 9.88 Å². The second-order valence-corrected chi connectivity index (χ2v) is 4.19. The van der Waals surface area contributed by atoms with Gasteiger partial charge in [-0.25, -0.2) is 0 Å². The predicted molar refractivity (Wildman–Crippen MR) is 59.1 cm³/mol. The summed E-state index contributed by atoms with van der Waals surface area (Å²) in [4.78, 5) is 17.9. The molecule has 1 aliphatic rings. The zero-order chi connectivity index (χ0) is 10.8. The quantitative estimate of drug-likeness (QED) is 0.647. The average Bonchev–Trinajstić information content (AvgIpc) is 2.40. The normalized spacial score (nSPS) is 16.9. The molecular weight excluding hydrogens is 188 g/mol. The van der Waals surface area contributed by atoms with Gasteiger partial charge in [0.2, 0.25) is 0 Å². The summed E-state index contributed by atoms with van der Waals surface area (Å²) in [6, 6.07) is 2.00. The number of fused-ring (bicyclic) bond motifs is 1. The SMILES string of the molecule is CC(=O)c1cnc2c(c1)CCN(C)CC2. The number of carbonyl (C=O) groups is 1. The number of hydrogen-bond donors (Lipinski definition) is 0. The van der Waals surface area contributed by atoms with Crippen LogP contribution in [0.25, 0.3) is 0 Å². The minimum atomic E-state index is 0.0999. The Morgan fingerprint density at radius 2 is 2.13 bits per heavy atom. The predicted octanol–water partition coefficient (Wildman–Crippen LogP) is 1.31. The highest BCUT2D eigenvalue weighted by atomic mass is 16.1. The fourth-order valence-corrected chi connectivity index (χ4v) is 1.89. The maximum absolute atomic E-state index is 11.2. The van der Waals surface area contributed by atoms with Gasteiger partial charge in [0.25, 0.3) is 0 Å². The Morgan fingerprint density at radius 3 is 2.87 bits per heavy atom. The molecule has 1 aliphatic heterocycles. The van der Waals surface area contributed by atoms with Crippen LogP contribution < -0.4 is 0 Å². The summed E-state index contributed by atoms with van der Waals surface area (Å²) in [6.45, 7) is 3.70. The maximum Gasteiger partial charge on any atom is 0.161 e. The van der Waals surface area contributed by atoms with Crippen molar-refractivity contribution in [3.8, 4) is 0 Å². The summed E-state index contributed by atoms with van der Waals surface area (Å²) in [5, 5.41) is 0. The zero-order valence-corrected chi connectivity index (χ0v) is 9.29. The number of ketones is 1. The molecule has 0 saturated carbocycles. The van der Waals surface area contributed by atoms with E-state index in [-0.39, 0.29) is 5.78 Å². The first kappa shape index (κ1) is 10.3. The van der Waals surface area contributed by atoms with Crippen molar-refractivity contribution < 1.29 is 4.79 Å². The molecular formula is C12H16N2O. The van der Waals surface area contributed by atoms with E-state index >= 15 is 0 Å². The summed E-state index contributed by atoms with van der Waals surface area (Å²) >= 11 is 0. The molecule has 3 nitrogen and oxygen atoms in total. The third-order valence-electron chi connectivity index (χ3n) is 2.96. The lowest BCUT2D eigenvalue weighted by Gasteiger charge is -2.10. The highest BCUT2D eigenvalue weighted by Crippen LogP contribution is 2.14. The lowest BCUT2D eigenvalue weighted by molar-refractivity contribution is 0.101. The van der Waals surface area contributed by atoms with Crippen molar-refractivity contribution >= 4 is 5.78 Å². The molecule has 0 spiro atoms. The Kier molecular flexibility index (Phi) is 2.82. The van der Waals surface area contributed by atoms with E-state index in [1.54, 1.807) is 13.1 Å². The van der Waals surface area contributed by atoms with Crippen LogP contribution in [0.1, 0.15) is 28.5 Å². The van der Waals surface area contributed by atoms with Crippen molar-refractivity contribution in [2.75, 3.05) is 20.1 Å². The van der Waals surface area contributed by atoms with Crippen molar-refractivity contribution in [3.05, 3.63) is 29.1 Å². The van der Waals surface area contributed by atoms with Gasteiger partial charge in [-0.15, -0.1) is 0 Å². The fraction of sp³-hybridized carbons (Fsp3) is 0.500. The first-order valence-corrected chi connectivity index (χ1v) is 5.34. The smallest absolute Gasteiger partial charge is 0.161 e. The van der Waals surface area contributed by atoms with Crippen molar-refractivity contribution in [2.45, 2.75) is 19.8 Å². The largest absolute Gasteiger partial charge is 0.306 e. The number of Topliss-reactive ketones (excluding diaryl/α,β-unsaturated/α-hetero) is 1. The van der Waals surface area contributed by atoms with E-state index in [0.717, 1.165) is 37.2 Å². The molecule has 0 radical (unpaired) electrons. The van der Waals surface area contributed by atoms with Crippen molar-refractivity contribution in [1.29, 1.82) is 0 Å². The van der Waals surface area contributed by atoms with Gasteiger partial charge in [-0.3, -0.25) is 9.78 Å². The standard InChI is InChI=1S/C12H16N2O/c1-9(15)11-7-10-3-5-14(2)6-4-12(10)13-8-11/h7-8H,3-6H2,1-2H3. The summed E-state index contributed by atoms with van der Waals surface area (Å²) in [7, 11) is 2.12. The molecule has 0 saturated heterocycles. The van der Waals surface area contributed by atoms with E-state index in [4.69, 9.17) is 0 Å². The zero-order valence-electron chi connectivity index (χ0n) is 9.29. The molecule has 0 N–H and O–H groups in total. The molecule has 0 atom stereocenters. The second-order valence-electron chi connectivity index (χ2n) is 4.19. The monoisotopic (exact) mass is 204 g/mol. The van der Waals surface area contributed by atoms with Gasteiger partial charge in [0.15, 0.2) is 5.78 Å². The fourth-order valence-electron chi connectivity index (χ4n) is 1.89. The van der Waals surface area contributed by atoms with Crippen LogP contribution in [-0.4, -0.2) is 35.8 Å². The van der Waals surface area contributed by atoms with Crippen LogP contribution in [0.2, 0.25) is 0 Å². The Bertz CT molecular complexity index is 387. The molecule has 2 heterocycles. The van der Waals surface area contributed by atoms with Crippen LogP contribution in [-0.2, 0) is 12.8 Å². The first-order chi connectivity index (χ1) is 7.16. The minimum absolute atomic E-state index is 0.0999. The van der Waals surface area contributed by atoms with Gasteiger partial charge in [0, 0.05) is 37.0 Å². The van der Waals surface area contributed by atoms with Gasteiger partial charge in [-0.1, -0.05) is 0 Å². The third-order valence-corrected chi connectivity index (χ3v) is 2.96. The second kappa shape index (κ2) is 4.11. The molecule has 0 aliphatic carbocycles. The van der Waals surface area contributed by atoms with Gasteiger partial charge in [0.1, 0.15) is 0 Å². The summed E-state index contributed by atoms with van der Waals surface area (Å²) in [5.41, 5.74) is 3.13. The molecule has 0 unspecified atom stereocenters. The number of likely N-dealkylation sites (N-methyl/N-ethyl adjacent to an activating group) is 1. The van der Waals surface area contributed by atoms with Gasteiger partial charge in [-0.2, -0.15) is 0 Å². The van der Waals surface area contributed by atoms with Crippen molar-refractivity contribution in [2.24, 2.45) is 0 Å². The summed E-state index contributed by atoms with van der Waals surface area (Å²) in [6.07, 6.45) is 3.69. The Labute approximate surface area is 90.1 Å². The molecule has 80 valence electrons. The van der Waals surface area contributed by atoms with E-state index < -0.39 is 0 Å². The van der Waals surface area contributed by atoms with Crippen molar-refractivity contribution in [3.63, 3.8) is 0 Å². The summed E-state index contributed by atoms with van der Waals surface area (Å²) in [5.74, 6) is 0.0999. The lowest BCUT2D eigenvalue weighted by Crippen LogP contribution is -2.20. The molecule has 0 amide bonds. The minimum Gasteiger partial charge on any atom is -0.306 e. The molecule has 1 aromatic heterocycles. The van der Waals surface area contributed by atoms with E-state index in [9.17, 15) is 4.79 Å². The van der Waals surface area contributed by atoms with Crippen LogP contribution in [0, 0.1) is 0 Å². The Morgan fingerprint density at radius 1 is 1.40 bits per heavy atom. The van der Waals surface area contributed by atoms with Crippen LogP contribution in [0.3, 0.4) is 0 Å². The number of carbonyl (C=O) groups excluding carboxylic acids is 1. The van der Waals surface area contributed by atoms with Gasteiger partial charge >= 0.3 is 0 Å². The van der Waals surface area contributed by atoms with E-state index in [1.165, 1.54) is 5.56 Å². The van der Waals surface area contributed by atoms with Crippen LogP contribution in [0.5, 0.6) is 0 Å². The average molecular weight is 204 g/mol. The van der Waals surface area contributed by atoms with E-state index in [2.05, 4.69) is 16.9 Å². The van der Waals surface area contributed by atoms with E-state index in [0.29, 0.717) is 0 Å². The van der Waals surface area contributed by atoms with Crippen LogP contribution >= 0.6 is 0 Å². The molecule has 1 aromatic rings.